The quantitative estimate of drug-likeness (QED) is 0.473. The van der Waals surface area contributed by atoms with Crippen molar-refractivity contribution in [3.05, 3.63) is 0 Å². The second kappa shape index (κ2) is 12.4. The molecule has 0 aliphatic heterocycles. The molecule has 0 spiro atoms. The van der Waals surface area contributed by atoms with E-state index >= 15 is 0 Å². The zero-order valence-corrected chi connectivity index (χ0v) is 12.3. The normalized spacial score (nSPS) is 13.2. The van der Waals surface area contributed by atoms with Gasteiger partial charge in [0.25, 0.3) is 0 Å². The lowest BCUT2D eigenvalue weighted by molar-refractivity contribution is 0.0181. The van der Waals surface area contributed by atoms with Gasteiger partial charge >= 0.3 is 0 Å². The molecule has 2 nitrogen and oxygen atoms in total. The highest BCUT2D eigenvalue weighted by atomic mass is 16.5. The molecule has 1 atom stereocenters. The molecule has 0 saturated carbocycles. The van der Waals surface area contributed by atoms with Gasteiger partial charge < -0.3 is 9.47 Å². The van der Waals surface area contributed by atoms with E-state index in [1.54, 1.807) is 0 Å². The monoisotopic (exact) mass is 244 g/mol. The molecule has 0 radical (unpaired) electrons. The smallest absolute Gasteiger partial charge is 0.0703 e. The highest BCUT2D eigenvalue weighted by molar-refractivity contribution is 4.53. The summed E-state index contributed by atoms with van der Waals surface area (Å²) < 4.78 is 10.9. The van der Waals surface area contributed by atoms with Crippen LogP contribution in [0.4, 0.5) is 0 Å². The highest BCUT2D eigenvalue weighted by Gasteiger charge is 2.01. The summed E-state index contributed by atoms with van der Waals surface area (Å²) in [5, 5.41) is 0. The largest absolute Gasteiger partial charge is 0.379 e. The van der Waals surface area contributed by atoms with E-state index in [-0.39, 0.29) is 0 Å². The first-order valence-electron chi connectivity index (χ1n) is 7.36. The van der Waals surface area contributed by atoms with Gasteiger partial charge in [-0.15, -0.1) is 0 Å². The summed E-state index contributed by atoms with van der Waals surface area (Å²) in [7, 11) is 0. The van der Waals surface area contributed by atoms with Crippen LogP contribution in [0, 0.1) is 5.92 Å². The number of hydrogen-bond acceptors (Lipinski definition) is 2. The maximum Gasteiger partial charge on any atom is 0.0703 e. The van der Waals surface area contributed by atoms with Gasteiger partial charge in [0, 0.05) is 6.61 Å². The second-order valence-corrected chi connectivity index (χ2v) is 5.28. The lowest BCUT2D eigenvalue weighted by atomic mass is 9.98. The van der Waals surface area contributed by atoms with Crippen LogP contribution in [0.5, 0.6) is 0 Å². The lowest BCUT2D eigenvalue weighted by Crippen LogP contribution is -2.10. The molecule has 104 valence electrons. The van der Waals surface area contributed by atoms with Gasteiger partial charge in [0.15, 0.2) is 0 Å². The van der Waals surface area contributed by atoms with Gasteiger partial charge in [0.05, 0.1) is 19.3 Å². The van der Waals surface area contributed by atoms with E-state index in [9.17, 15) is 0 Å². The van der Waals surface area contributed by atoms with Crippen LogP contribution in [0.25, 0.3) is 0 Å². The lowest BCUT2D eigenvalue weighted by Gasteiger charge is -2.11. The Morgan fingerprint density at radius 3 is 2.18 bits per heavy atom. The summed E-state index contributed by atoms with van der Waals surface area (Å²) in [6, 6.07) is 0. The van der Waals surface area contributed by atoms with Gasteiger partial charge in [-0.05, 0) is 32.6 Å². The van der Waals surface area contributed by atoms with E-state index < -0.39 is 0 Å². The van der Waals surface area contributed by atoms with Crippen LogP contribution in [-0.2, 0) is 9.47 Å². The Balaban J connectivity index is 3.11. The van der Waals surface area contributed by atoms with Crippen molar-refractivity contribution in [3.8, 4) is 0 Å². The fraction of sp³-hybridized carbons (Fsp3) is 1.00. The Labute approximate surface area is 108 Å². The van der Waals surface area contributed by atoms with Crippen LogP contribution in [0.2, 0.25) is 0 Å². The van der Waals surface area contributed by atoms with Crippen LogP contribution in [0.3, 0.4) is 0 Å². The first-order valence-corrected chi connectivity index (χ1v) is 7.36. The molecule has 0 rings (SSSR count). The third-order valence-corrected chi connectivity index (χ3v) is 2.96. The topological polar surface area (TPSA) is 18.5 Å². The molecule has 0 heterocycles. The summed E-state index contributed by atoms with van der Waals surface area (Å²) >= 11 is 0. The fourth-order valence-electron chi connectivity index (χ4n) is 1.87. The molecule has 2 heteroatoms. The number of ether oxygens (including phenoxy) is 2. The maximum atomic E-state index is 5.54. The van der Waals surface area contributed by atoms with Crippen molar-refractivity contribution >= 4 is 0 Å². The van der Waals surface area contributed by atoms with E-state index in [1.807, 2.05) is 0 Å². The molecule has 1 unspecified atom stereocenters. The molecule has 0 amide bonds. The van der Waals surface area contributed by atoms with Gasteiger partial charge in [0.1, 0.15) is 0 Å². The molecule has 0 aromatic heterocycles. The summed E-state index contributed by atoms with van der Waals surface area (Å²) in [6.45, 7) is 11.1. The molecule has 0 fully saturated rings. The molecule has 0 aromatic rings. The highest BCUT2D eigenvalue weighted by Crippen LogP contribution is 2.14. The SMILES string of the molecule is CCCCCC(C)CCCOCCOC(C)C. The summed E-state index contributed by atoms with van der Waals surface area (Å²) in [5.41, 5.74) is 0. The van der Waals surface area contributed by atoms with Crippen LogP contribution in [0.15, 0.2) is 0 Å². The van der Waals surface area contributed by atoms with Gasteiger partial charge in [-0.25, -0.2) is 0 Å². The maximum absolute atomic E-state index is 5.54. The standard InChI is InChI=1S/C15H32O2/c1-5-6-7-9-15(4)10-8-11-16-12-13-17-14(2)3/h14-15H,5-13H2,1-4H3. The molecule has 0 bridgehead atoms. The second-order valence-electron chi connectivity index (χ2n) is 5.28. The van der Waals surface area contributed by atoms with E-state index in [0.717, 1.165) is 25.7 Å². The van der Waals surface area contributed by atoms with Gasteiger partial charge in [-0.3, -0.25) is 0 Å². The Morgan fingerprint density at radius 1 is 0.824 bits per heavy atom. The fourth-order valence-corrected chi connectivity index (χ4v) is 1.87. The van der Waals surface area contributed by atoms with Crippen LogP contribution in [0.1, 0.15) is 66.2 Å². The third kappa shape index (κ3) is 13.9. The Kier molecular flexibility index (Phi) is 12.3. The summed E-state index contributed by atoms with van der Waals surface area (Å²) in [6.07, 6.45) is 8.28. The average molecular weight is 244 g/mol. The molecule has 0 aliphatic rings. The molecule has 0 aromatic carbocycles. The number of hydrogen-bond donors (Lipinski definition) is 0. The minimum absolute atomic E-state index is 0.317. The van der Waals surface area contributed by atoms with Crippen molar-refractivity contribution in [2.24, 2.45) is 5.92 Å². The van der Waals surface area contributed by atoms with Crippen LogP contribution in [-0.4, -0.2) is 25.9 Å². The van der Waals surface area contributed by atoms with Crippen molar-refractivity contribution in [2.75, 3.05) is 19.8 Å². The summed E-state index contributed by atoms with van der Waals surface area (Å²) in [5.74, 6) is 0.858. The van der Waals surface area contributed by atoms with E-state index in [4.69, 9.17) is 9.47 Å². The van der Waals surface area contributed by atoms with E-state index in [0.29, 0.717) is 6.10 Å². The molecule has 0 saturated heterocycles. The van der Waals surface area contributed by atoms with Crippen molar-refractivity contribution in [2.45, 2.75) is 72.3 Å². The third-order valence-electron chi connectivity index (χ3n) is 2.96. The predicted molar refractivity (Wildman–Crippen MR) is 74.4 cm³/mol. The zero-order chi connectivity index (χ0) is 12.9. The minimum atomic E-state index is 0.317. The minimum Gasteiger partial charge on any atom is -0.379 e. The zero-order valence-electron chi connectivity index (χ0n) is 12.3. The van der Waals surface area contributed by atoms with Crippen molar-refractivity contribution in [1.29, 1.82) is 0 Å². The van der Waals surface area contributed by atoms with Crippen LogP contribution < -0.4 is 0 Å². The molecular formula is C15H32O2. The Morgan fingerprint density at radius 2 is 1.53 bits per heavy atom. The van der Waals surface area contributed by atoms with E-state index in [2.05, 4.69) is 27.7 Å². The first-order chi connectivity index (χ1) is 8.16. The molecular weight excluding hydrogens is 212 g/mol. The molecule has 17 heavy (non-hydrogen) atoms. The van der Waals surface area contributed by atoms with Crippen molar-refractivity contribution in [1.82, 2.24) is 0 Å². The molecule has 0 N–H and O–H groups in total. The van der Waals surface area contributed by atoms with Crippen LogP contribution >= 0.6 is 0 Å². The predicted octanol–water partition coefficient (Wildman–Crippen LogP) is 4.42. The summed E-state index contributed by atoms with van der Waals surface area (Å²) in [4.78, 5) is 0. The number of unbranched alkanes of at least 4 members (excludes halogenated alkanes) is 2. The van der Waals surface area contributed by atoms with E-state index in [1.165, 1.54) is 38.5 Å². The number of rotatable bonds is 12. The van der Waals surface area contributed by atoms with Crippen molar-refractivity contribution < 1.29 is 9.47 Å². The molecule has 0 aliphatic carbocycles. The average Bonchev–Trinajstić information content (AvgIpc) is 2.28. The van der Waals surface area contributed by atoms with Gasteiger partial charge in [-0.1, -0.05) is 39.5 Å². The van der Waals surface area contributed by atoms with Gasteiger partial charge in [-0.2, -0.15) is 0 Å². The Bertz CT molecular complexity index is 146. The van der Waals surface area contributed by atoms with Gasteiger partial charge in [0.2, 0.25) is 0 Å². The Hall–Kier alpha value is -0.0800. The first kappa shape index (κ1) is 16.9. The van der Waals surface area contributed by atoms with Crippen molar-refractivity contribution in [3.63, 3.8) is 0 Å².